The molecule has 13 heteroatoms. The molecule has 2 amide bonds. The number of benzene rings is 3. The third-order valence-electron chi connectivity index (χ3n) is 7.98. The Bertz CT molecular complexity index is 2050. The summed E-state index contributed by atoms with van der Waals surface area (Å²) in [6.45, 7) is 0.757. The number of ether oxygens (including phenoxy) is 4. The van der Waals surface area contributed by atoms with Gasteiger partial charge in [0.25, 0.3) is 11.8 Å². The van der Waals surface area contributed by atoms with E-state index in [1.807, 2.05) is 23.6 Å². The van der Waals surface area contributed by atoms with Crippen molar-refractivity contribution in [1.29, 1.82) is 0 Å². The van der Waals surface area contributed by atoms with E-state index in [2.05, 4.69) is 15.6 Å². The normalized spacial score (nSPS) is 11.7. The molecule has 6 rings (SSSR count). The lowest BCUT2D eigenvalue weighted by atomic mass is 9.93. The summed E-state index contributed by atoms with van der Waals surface area (Å²) < 4.78 is 22.2. The molecule has 0 atom stereocenters. The zero-order chi connectivity index (χ0) is 34.7. The predicted octanol–water partition coefficient (Wildman–Crippen LogP) is 6.10. The number of fused-ring (bicyclic) bond motifs is 3. The highest BCUT2D eigenvalue weighted by Gasteiger charge is 2.27. The SMILES string of the molecule is COc1cc(NC(=O)c2ccc(-c3cc4c(cc3C(=O)Nc3ccc(CN)cc3)-c3sccc3CCO4)c(C(=O)O)n2)cc(OC)c1OC. The fourth-order valence-electron chi connectivity index (χ4n) is 5.56. The number of carboxylic acid groups (broad SMARTS) is 1. The first-order valence-corrected chi connectivity index (χ1v) is 16.0. The molecule has 5 N–H and O–H groups in total. The number of carbonyl (C=O) groups excluding carboxylic acids is 2. The number of nitrogens with one attached hydrogen (secondary N) is 2. The van der Waals surface area contributed by atoms with E-state index >= 15 is 0 Å². The summed E-state index contributed by atoms with van der Waals surface area (Å²) >= 11 is 1.53. The molecule has 0 aliphatic carbocycles. The van der Waals surface area contributed by atoms with Crippen LogP contribution in [0.5, 0.6) is 23.0 Å². The van der Waals surface area contributed by atoms with Crippen LogP contribution in [0.4, 0.5) is 11.4 Å². The molecular weight excluding hydrogens is 648 g/mol. The molecule has 3 aromatic carbocycles. The maximum atomic E-state index is 14.0. The standard InChI is InChI=1S/C36H32N4O8S/c1-45-29-14-22(15-30(46-2)32(29)47-3)39-35(42)27-9-8-23(31(40-27)36(43)44)24-17-28-26(33-20(10-12-48-28)11-13-49-33)16-25(24)34(41)38-21-6-4-19(18-37)5-7-21/h4-9,11,13-17H,10,12,18,37H2,1-3H3,(H,38,41)(H,39,42)(H,43,44). The van der Waals surface area contributed by atoms with Crippen molar-refractivity contribution in [2.45, 2.75) is 13.0 Å². The molecule has 49 heavy (non-hydrogen) atoms. The minimum atomic E-state index is -1.39. The number of pyridine rings is 1. The molecule has 0 bridgehead atoms. The van der Waals surface area contributed by atoms with Crippen molar-refractivity contribution in [3.8, 4) is 44.6 Å². The number of carboxylic acids is 1. The molecule has 3 heterocycles. The zero-order valence-corrected chi connectivity index (χ0v) is 27.6. The third kappa shape index (κ3) is 6.62. The van der Waals surface area contributed by atoms with Crippen LogP contribution in [0.1, 0.15) is 42.5 Å². The first-order valence-electron chi connectivity index (χ1n) is 15.1. The van der Waals surface area contributed by atoms with Gasteiger partial charge in [-0.2, -0.15) is 0 Å². The Balaban J connectivity index is 1.42. The van der Waals surface area contributed by atoms with Gasteiger partial charge in [0.05, 0.1) is 27.9 Å². The Kier molecular flexibility index (Phi) is 9.47. The second-order valence-electron chi connectivity index (χ2n) is 10.9. The number of anilines is 2. The minimum absolute atomic E-state index is 0.127. The van der Waals surface area contributed by atoms with Crippen molar-refractivity contribution in [1.82, 2.24) is 4.98 Å². The largest absolute Gasteiger partial charge is 0.493 e. The summed E-state index contributed by atoms with van der Waals surface area (Å²) in [5, 5.41) is 17.9. The van der Waals surface area contributed by atoms with Crippen LogP contribution in [-0.2, 0) is 13.0 Å². The number of carbonyl (C=O) groups is 3. The second kappa shape index (κ2) is 14.1. The topological polar surface area (TPSA) is 171 Å². The summed E-state index contributed by atoms with van der Waals surface area (Å²) in [7, 11) is 4.35. The number of rotatable bonds is 10. The Morgan fingerprint density at radius 1 is 0.857 bits per heavy atom. The second-order valence-corrected chi connectivity index (χ2v) is 11.8. The zero-order valence-electron chi connectivity index (χ0n) is 26.8. The molecular formula is C36H32N4O8S. The first kappa shape index (κ1) is 33.0. The van der Waals surface area contributed by atoms with E-state index in [-0.39, 0.29) is 22.4 Å². The Morgan fingerprint density at radius 2 is 1.57 bits per heavy atom. The van der Waals surface area contributed by atoms with Gasteiger partial charge in [-0.3, -0.25) is 9.59 Å². The average Bonchev–Trinajstić information content (AvgIpc) is 3.52. The van der Waals surface area contributed by atoms with Crippen LogP contribution in [0.25, 0.3) is 21.6 Å². The number of aromatic carboxylic acids is 1. The van der Waals surface area contributed by atoms with Gasteiger partial charge >= 0.3 is 5.97 Å². The van der Waals surface area contributed by atoms with Crippen LogP contribution in [0.3, 0.4) is 0 Å². The van der Waals surface area contributed by atoms with Crippen molar-refractivity contribution >= 4 is 40.5 Å². The summed E-state index contributed by atoms with van der Waals surface area (Å²) in [6.07, 6.45) is 0.676. The molecule has 5 aromatic rings. The molecule has 1 aliphatic rings. The van der Waals surface area contributed by atoms with E-state index in [0.717, 1.165) is 21.6 Å². The molecule has 0 spiro atoms. The fraction of sp³-hybridized carbons (Fsp3) is 0.167. The van der Waals surface area contributed by atoms with Gasteiger partial charge in [-0.25, -0.2) is 9.78 Å². The lowest BCUT2D eigenvalue weighted by Gasteiger charge is -2.17. The van der Waals surface area contributed by atoms with Crippen LogP contribution < -0.4 is 35.3 Å². The van der Waals surface area contributed by atoms with Crippen LogP contribution >= 0.6 is 11.3 Å². The number of nitrogens with two attached hydrogens (primary N) is 1. The lowest BCUT2D eigenvalue weighted by Crippen LogP contribution is -2.18. The number of nitrogens with zero attached hydrogens (tertiary/aromatic N) is 1. The highest BCUT2D eigenvalue weighted by Crippen LogP contribution is 2.44. The lowest BCUT2D eigenvalue weighted by molar-refractivity contribution is 0.0691. The molecule has 12 nitrogen and oxygen atoms in total. The van der Waals surface area contributed by atoms with E-state index in [1.54, 1.807) is 24.3 Å². The number of amides is 2. The smallest absolute Gasteiger partial charge is 0.355 e. The fourth-order valence-corrected chi connectivity index (χ4v) is 6.54. The van der Waals surface area contributed by atoms with E-state index in [9.17, 15) is 19.5 Å². The quantitative estimate of drug-likeness (QED) is 0.135. The van der Waals surface area contributed by atoms with Crippen molar-refractivity contribution in [3.63, 3.8) is 0 Å². The van der Waals surface area contributed by atoms with Gasteiger partial charge < -0.3 is 40.4 Å². The average molecular weight is 681 g/mol. The van der Waals surface area contributed by atoms with Gasteiger partial charge in [0.15, 0.2) is 17.2 Å². The number of methoxy groups -OCH3 is 3. The molecule has 250 valence electrons. The molecule has 0 radical (unpaired) electrons. The monoisotopic (exact) mass is 680 g/mol. The Labute approximate surface area is 285 Å². The van der Waals surface area contributed by atoms with Crippen molar-refractivity contribution in [2.24, 2.45) is 5.73 Å². The molecule has 1 aliphatic heterocycles. The minimum Gasteiger partial charge on any atom is -0.493 e. The van der Waals surface area contributed by atoms with Crippen LogP contribution in [0, 0.1) is 0 Å². The highest BCUT2D eigenvalue weighted by molar-refractivity contribution is 7.13. The maximum Gasteiger partial charge on any atom is 0.355 e. The highest BCUT2D eigenvalue weighted by atomic mass is 32.1. The predicted molar refractivity (Wildman–Crippen MR) is 185 cm³/mol. The third-order valence-corrected chi connectivity index (χ3v) is 8.97. The molecule has 2 aromatic heterocycles. The summed E-state index contributed by atoms with van der Waals surface area (Å²) in [6, 6.07) is 18.4. The van der Waals surface area contributed by atoms with Gasteiger partial charge in [0.2, 0.25) is 5.75 Å². The van der Waals surface area contributed by atoms with E-state index in [0.29, 0.717) is 53.9 Å². The number of aromatic nitrogens is 1. The Morgan fingerprint density at radius 3 is 2.22 bits per heavy atom. The van der Waals surface area contributed by atoms with E-state index < -0.39 is 23.5 Å². The van der Waals surface area contributed by atoms with Crippen molar-refractivity contribution in [3.05, 3.63) is 100 Å². The van der Waals surface area contributed by atoms with E-state index in [4.69, 9.17) is 24.7 Å². The number of hydrogen-bond donors (Lipinski definition) is 4. The Hall–Kier alpha value is -5.92. The van der Waals surface area contributed by atoms with Gasteiger partial charge in [-0.1, -0.05) is 12.1 Å². The van der Waals surface area contributed by atoms with Crippen LogP contribution in [-0.4, -0.2) is 55.8 Å². The molecule has 0 saturated carbocycles. The van der Waals surface area contributed by atoms with Crippen molar-refractivity contribution < 1.29 is 38.4 Å². The van der Waals surface area contributed by atoms with Crippen LogP contribution in [0.15, 0.2) is 72.1 Å². The summed E-state index contributed by atoms with van der Waals surface area (Å²) in [5.41, 5.74) is 9.29. The van der Waals surface area contributed by atoms with Gasteiger partial charge in [0, 0.05) is 63.6 Å². The van der Waals surface area contributed by atoms with Crippen molar-refractivity contribution in [2.75, 3.05) is 38.6 Å². The summed E-state index contributed by atoms with van der Waals surface area (Å²) in [4.78, 5) is 45.2. The van der Waals surface area contributed by atoms with Gasteiger partial charge in [0.1, 0.15) is 11.4 Å². The van der Waals surface area contributed by atoms with E-state index in [1.165, 1.54) is 56.9 Å². The first-order chi connectivity index (χ1) is 23.7. The number of thiophene rings is 1. The van der Waals surface area contributed by atoms with Gasteiger partial charge in [-0.15, -0.1) is 11.3 Å². The number of hydrogen-bond acceptors (Lipinski definition) is 10. The summed E-state index contributed by atoms with van der Waals surface area (Å²) in [5.74, 6) is -1.08. The molecule has 0 saturated heterocycles. The van der Waals surface area contributed by atoms with Crippen LogP contribution in [0.2, 0.25) is 0 Å². The molecule has 0 unspecified atom stereocenters. The van der Waals surface area contributed by atoms with Gasteiger partial charge in [-0.05, 0) is 59.0 Å². The maximum absolute atomic E-state index is 14.0. The molecule has 0 fully saturated rings.